The number of aromatic nitrogens is 2. The van der Waals surface area contributed by atoms with Gasteiger partial charge in [0.05, 0.1) is 5.39 Å². The van der Waals surface area contributed by atoms with Crippen LogP contribution in [0.25, 0.3) is 10.2 Å². The lowest BCUT2D eigenvalue weighted by atomic mass is 10.2. The number of thiophene rings is 1. The van der Waals surface area contributed by atoms with Crippen molar-refractivity contribution in [2.24, 2.45) is 0 Å². The Morgan fingerprint density at radius 3 is 2.56 bits per heavy atom. The van der Waals surface area contributed by atoms with Gasteiger partial charge in [-0.1, -0.05) is 0 Å². The summed E-state index contributed by atoms with van der Waals surface area (Å²) in [5, 5.41) is 1.22. The molecule has 0 aromatic carbocycles. The topological polar surface area (TPSA) is 32.3 Å². The minimum atomic E-state index is 0.873. The van der Waals surface area contributed by atoms with Crippen molar-refractivity contribution in [1.29, 1.82) is 0 Å². The quantitative estimate of drug-likeness (QED) is 0.787. The molecule has 5 heteroatoms. The number of anilines is 1. The number of rotatable bonds is 1. The molecule has 2 aromatic heterocycles. The smallest absolute Gasteiger partial charge is 0.141 e. The maximum atomic E-state index is 4.67. The Hall–Kier alpha value is -1.20. The van der Waals surface area contributed by atoms with Gasteiger partial charge >= 0.3 is 0 Å². The molecule has 1 aliphatic heterocycles. The number of hydrogen-bond acceptors (Lipinski definition) is 5. The average Bonchev–Trinajstić information content (AvgIpc) is 2.69. The van der Waals surface area contributed by atoms with E-state index in [1.54, 1.807) is 11.3 Å². The molecule has 96 valence electrons. The van der Waals surface area contributed by atoms with Crippen LogP contribution in [0.1, 0.15) is 10.7 Å². The molecule has 1 fully saturated rings. The van der Waals surface area contributed by atoms with E-state index in [1.165, 1.54) is 10.3 Å². The van der Waals surface area contributed by atoms with E-state index in [2.05, 4.69) is 39.8 Å². The Labute approximate surface area is 111 Å². The zero-order valence-corrected chi connectivity index (χ0v) is 11.9. The molecule has 0 saturated carbocycles. The summed E-state index contributed by atoms with van der Waals surface area (Å²) >= 11 is 1.76. The number of nitrogens with zero attached hydrogens (tertiary/aromatic N) is 4. The molecule has 1 saturated heterocycles. The normalized spacial score (nSPS) is 17.6. The van der Waals surface area contributed by atoms with Crippen molar-refractivity contribution < 1.29 is 0 Å². The first-order valence-electron chi connectivity index (χ1n) is 6.32. The van der Waals surface area contributed by atoms with Crippen molar-refractivity contribution in [2.45, 2.75) is 13.8 Å². The van der Waals surface area contributed by atoms with Gasteiger partial charge in [-0.05, 0) is 27.0 Å². The number of piperazine rings is 1. The predicted molar refractivity (Wildman–Crippen MR) is 76.6 cm³/mol. The fourth-order valence-electron chi connectivity index (χ4n) is 2.39. The van der Waals surface area contributed by atoms with E-state index in [4.69, 9.17) is 0 Å². The van der Waals surface area contributed by atoms with Crippen LogP contribution in [0, 0.1) is 13.8 Å². The molecule has 0 atom stereocenters. The molecule has 0 aliphatic carbocycles. The first-order valence-corrected chi connectivity index (χ1v) is 7.13. The summed E-state index contributed by atoms with van der Waals surface area (Å²) in [6, 6.07) is 2.22. The van der Waals surface area contributed by atoms with Gasteiger partial charge in [-0.3, -0.25) is 0 Å². The number of likely N-dealkylation sites (N-methyl/N-ethyl adjacent to an activating group) is 1. The van der Waals surface area contributed by atoms with E-state index in [9.17, 15) is 0 Å². The predicted octanol–water partition coefficient (Wildman–Crippen LogP) is 2.06. The Kier molecular flexibility index (Phi) is 2.95. The van der Waals surface area contributed by atoms with Crippen molar-refractivity contribution >= 4 is 27.4 Å². The summed E-state index contributed by atoms with van der Waals surface area (Å²) in [6.07, 6.45) is 0. The van der Waals surface area contributed by atoms with Crippen LogP contribution in [0.15, 0.2) is 6.07 Å². The van der Waals surface area contributed by atoms with Gasteiger partial charge in [-0.25, -0.2) is 9.97 Å². The molecule has 1 aliphatic rings. The molecule has 3 rings (SSSR count). The van der Waals surface area contributed by atoms with Gasteiger partial charge in [0.1, 0.15) is 16.5 Å². The zero-order chi connectivity index (χ0) is 12.7. The van der Waals surface area contributed by atoms with E-state index in [1.807, 2.05) is 6.92 Å². The Morgan fingerprint density at radius 2 is 1.83 bits per heavy atom. The van der Waals surface area contributed by atoms with Crippen molar-refractivity contribution in [3.8, 4) is 0 Å². The highest BCUT2D eigenvalue weighted by Crippen LogP contribution is 2.30. The highest BCUT2D eigenvalue weighted by atomic mass is 32.1. The molecule has 3 heterocycles. The largest absolute Gasteiger partial charge is 0.353 e. The van der Waals surface area contributed by atoms with Crippen molar-refractivity contribution in [1.82, 2.24) is 14.9 Å². The van der Waals surface area contributed by atoms with Crippen LogP contribution in [0.2, 0.25) is 0 Å². The highest BCUT2D eigenvalue weighted by molar-refractivity contribution is 7.18. The second-order valence-corrected chi connectivity index (χ2v) is 6.20. The summed E-state index contributed by atoms with van der Waals surface area (Å²) in [7, 11) is 2.17. The monoisotopic (exact) mass is 262 g/mol. The van der Waals surface area contributed by atoms with Crippen LogP contribution in [0.4, 0.5) is 5.82 Å². The molecular weight excluding hydrogens is 244 g/mol. The molecule has 18 heavy (non-hydrogen) atoms. The third-order valence-corrected chi connectivity index (χ3v) is 4.35. The van der Waals surface area contributed by atoms with Crippen LogP contribution < -0.4 is 4.90 Å². The Morgan fingerprint density at radius 1 is 1.11 bits per heavy atom. The molecule has 0 amide bonds. The molecule has 0 bridgehead atoms. The number of hydrogen-bond donors (Lipinski definition) is 0. The maximum absolute atomic E-state index is 4.67. The maximum Gasteiger partial charge on any atom is 0.141 e. The standard InChI is InChI=1S/C13H18N4S/c1-9-8-11-12(14-10(2)15-13(11)18-9)17-6-4-16(3)5-7-17/h8H,4-7H2,1-3H3. The van der Waals surface area contributed by atoms with Crippen LogP contribution in [-0.4, -0.2) is 48.1 Å². The van der Waals surface area contributed by atoms with Gasteiger partial charge in [-0.2, -0.15) is 0 Å². The number of aryl methyl sites for hydroxylation is 2. The van der Waals surface area contributed by atoms with Crippen molar-refractivity contribution in [2.75, 3.05) is 38.1 Å². The van der Waals surface area contributed by atoms with E-state index < -0.39 is 0 Å². The summed E-state index contributed by atoms with van der Waals surface area (Å²) in [6.45, 7) is 8.43. The van der Waals surface area contributed by atoms with Crippen LogP contribution in [0.3, 0.4) is 0 Å². The molecule has 0 unspecified atom stereocenters. The summed E-state index contributed by atoms with van der Waals surface area (Å²) < 4.78 is 0. The van der Waals surface area contributed by atoms with Crippen molar-refractivity contribution in [3.63, 3.8) is 0 Å². The van der Waals surface area contributed by atoms with Gasteiger partial charge in [0.25, 0.3) is 0 Å². The fraction of sp³-hybridized carbons (Fsp3) is 0.538. The van der Waals surface area contributed by atoms with Gasteiger partial charge in [0, 0.05) is 31.1 Å². The molecule has 2 aromatic rings. The van der Waals surface area contributed by atoms with Crippen LogP contribution in [0.5, 0.6) is 0 Å². The third kappa shape index (κ3) is 2.08. The summed E-state index contributed by atoms with van der Waals surface area (Å²) in [5.74, 6) is 1.99. The van der Waals surface area contributed by atoms with Crippen molar-refractivity contribution in [3.05, 3.63) is 16.8 Å². The van der Waals surface area contributed by atoms with E-state index in [0.717, 1.165) is 42.7 Å². The third-order valence-electron chi connectivity index (χ3n) is 3.41. The first kappa shape index (κ1) is 11.9. The van der Waals surface area contributed by atoms with E-state index in [-0.39, 0.29) is 0 Å². The lowest BCUT2D eigenvalue weighted by Crippen LogP contribution is -2.44. The summed E-state index contributed by atoms with van der Waals surface area (Å²) in [4.78, 5) is 16.4. The second-order valence-electron chi connectivity index (χ2n) is 4.96. The fourth-order valence-corrected chi connectivity index (χ4v) is 3.31. The molecule has 0 radical (unpaired) electrons. The van der Waals surface area contributed by atoms with Crippen LogP contribution in [-0.2, 0) is 0 Å². The van der Waals surface area contributed by atoms with Gasteiger partial charge in [0.15, 0.2) is 0 Å². The molecule has 4 nitrogen and oxygen atoms in total. The number of fused-ring (bicyclic) bond motifs is 1. The first-order chi connectivity index (χ1) is 8.63. The Bertz CT molecular complexity index is 570. The highest BCUT2D eigenvalue weighted by Gasteiger charge is 2.19. The second kappa shape index (κ2) is 4.48. The zero-order valence-electron chi connectivity index (χ0n) is 11.1. The molecular formula is C13H18N4S. The van der Waals surface area contributed by atoms with E-state index >= 15 is 0 Å². The van der Waals surface area contributed by atoms with Gasteiger partial charge in [-0.15, -0.1) is 11.3 Å². The van der Waals surface area contributed by atoms with E-state index in [0.29, 0.717) is 0 Å². The molecule has 0 N–H and O–H groups in total. The SMILES string of the molecule is Cc1nc(N2CCN(C)CC2)c2cc(C)sc2n1. The van der Waals surface area contributed by atoms with Gasteiger partial charge in [0.2, 0.25) is 0 Å². The minimum absolute atomic E-state index is 0.873. The average molecular weight is 262 g/mol. The summed E-state index contributed by atoms with van der Waals surface area (Å²) in [5.41, 5.74) is 0. The lowest BCUT2D eigenvalue weighted by Gasteiger charge is -2.33. The lowest BCUT2D eigenvalue weighted by molar-refractivity contribution is 0.312. The van der Waals surface area contributed by atoms with Gasteiger partial charge < -0.3 is 9.80 Å². The van der Waals surface area contributed by atoms with Crippen LogP contribution >= 0.6 is 11.3 Å². The molecule has 0 spiro atoms. The minimum Gasteiger partial charge on any atom is -0.353 e. The Balaban J connectivity index is 2.04.